The number of fused-ring (bicyclic) bond motifs is 1. The molecule has 0 saturated carbocycles. The molecule has 0 fully saturated rings. The molecule has 0 saturated heterocycles. The lowest BCUT2D eigenvalue weighted by Gasteiger charge is -2.22. The summed E-state index contributed by atoms with van der Waals surface area (Å²) in [6.45, 7) is 3.66. The molecule has 0 bridgehead atoms. The molecule has 1 aromatic carbocycles. The van der Waals surface area contributed by atoms with Crippen LogP contribution in [0.2, 0.25) is 0 Å². The smallest absolute Gasteiger partial charge is 0.435 e. The van der Waals surface area contributed by atoms with Gasteiger partial charge in [-0.3, -0.25) is 4.40 Å². The number of nitrogens with one attached hydrogen (secondary N) is 1. The third-order valence-electron chi connectivity index (χ3n) is 3.77. The molecule has 2 amide bonds. The van der Waals surface area contributed by atoms with Gasteiger partial charge < -0.3 is 9.47 Å². The minimum atomic E-state index is -0.778. The van der Waals surface area contributed by atoms with Crippen LogP contribution in [0, 0.1) is 0 Å². The van der Waals surface area contributed by atoms with Crippen LogP contribution in [0.1, 0.15) is 13.8 Å². The quantitative estimate of drug-likeness (QED) is 0.600. The molecule has 2 heterocycles. The van der Waals surface area contributed by atoms with Gasteiger partial charge in [-0.15, -0.1) is 0 Å². The Bertz CT molecular complexity index is 990. The summed E-state index contributed by atoms with van der Waals surface area (Å²) >= 11 is 3.48. The monoisotopic (exact) mass is 446 g/mol. The molecule has 9 heteroatoms. The van der Waals surface area contributed by atoms with Gasteiger partial charge in [-0.05, 0) is 41.9 Å². The predicted octanol–water partition coefficient (Wildman–Crippen LogP) is 4.39. The Hall–Kier alpha value is -3.07. The predicted molar refractivity (Wildman–Crippen MR) is 108 cm³/mol. The third kappa shape index (κ3) is 3.94. The Morgan fingerprint density at radius 1 is 1.11 bits per heavy atom. The van der Waals surface area contributed by atoms with Crippen molar-refractivity contribution in [3.63, 3.8) is 0 Å². The van der Waals surface area contributed by atoms with Crippen LogP contribution in [0.5, 0.6) is 0 Å². The summed E-state index contributed by atoms with van der Waals surface area (Å²) in [7, 11) is 0. The molecule has 3 rings (SSSR count). The van der Waals surface area contributed by atoms with Crippen molar-refractivity contribution in [3.05, 3.63) is 53.1 Å². The first kappa shape index (κ1) is 19.7. The highest BCUT2D eigenvalue weighted by Gasteiger charge is 2.28. The summed E-state index contributed by atoms with van der Waals surface area (Å²) in [5.41, 5.74) is 4.30. The first-order chi connectivity index (χ1) is 13.6. The summed E-state index contributed by atoms with van der Waals surface area (Å²) in [4.78, 5) is 29.4. The van der Waals surface area contributed by atoms with Crippen molar-refractivity contribution in [1.82, 2.24) is 14.8 Å². The number of nitrogens with zero attached hydrogens (tertiary/aromatic N) is 3. The molecule has 3 aromatic rings. The van der Waals surface area contributed by atoms with Crippen LogP contribution < -0.4 is 10.4 Å². The van der Waals surface area contributed by atoms with E-state index in [-0.39, 0.29) is 13.2 Å². The summed E-state index contributed by atoms with van der Waals surface area (Å²) in [5.74, 6) is 0.328. The highest BCUT2D eigenvalue weighted by molar-refractivity contribution is 9.10. The molecule has 0 aliphatic carbocycles. The van der Waals surface area contributed by atoms with E-state index in [1.807, 2.05) is 36.4 Å². The van der Waals surface area contributed by atoms with Gasteiger partial charge in [0.1, 0.15) is 5.69 Å². The van der Waals surface area contributed by atoms with Gasteiger partial charge in [0.25, 0.3) is 0 Å². The minimum absolute atomic E-state index is 0.140. The number of carbonyl (C=O) groups excluding carboxylic acids is 2. The number of hydrogen-bond donors (Lipinski definition) is 1. The molecule has 0 radical (unpaired) electrons. The lowest BCUT2D eigenvalue weighted by molar-refractivity contribution is 0.138. The second-order valence-corrected chi connectivity index (χ2v) is 6.42. The van der Waals surface area contributed by atoms with E-state index < -0.39 is 12.2 Å². The average Bonchev–Trinajstić information content (AvgIpc) is 3.08. The fourth-order valence-corrected chi connectivity index (χ4v) is 3.09. The second kappa shape index (κ2) is 8.75. The van der Waals surface area contributed by atoms with Crippen molar-refractivity contribution in [1.29, 1.82) is 0 Å². The Balaban J connectivity index is 2.22. The van der Waals surface area contributed by atoms with Crippen LogP contribution in [0.3, 0.4) is 0 Å². The van der Waals surface area contributed by atoms with E-state index in [2.05, 4.69) is 26.3 Å². The first-order valence-corrected chi connectivity index (χ1v) is 9.48. The molecular formula is C19H19BrN4O4. The Labute approximate surface area is 170 Å². The summed E-state index contributed by atoms with van der Waals surface area (Å²) in [6, 6.07) is 13.0. The van der Waals surface area contributed by atoms with Crippen LogP contribution in [0.4, 0.5) is 15.4 Å². The summed E-state index contributed by atoms with van der Waals surface area (Å²) in [5, 5.41) is 1.01. The largest absolute Gasteiger partial charge is 0.449 e. The number of aromatic nitrogens is 2. The van der Waals surface area contributed by atoms with Gasteiger partial charge in [-0.1, -0.05) is 30.3 Å². The van der Waals surface area contributed by atoms with Gasteiger partial charge in [-0.2, -0.15) is 5.01 Å². The van der Waals surface area contributed by atoms with E-state index in [9.17, 15) is 9.59 Å². The third-order valence-corrected chi connectivity index (χ3v) is 4.38. The van der Waals surface area contributed by atoms with Gasteiger partial charge in [-0.25, -0.2) is 20.0 Å². The zero-order valence-corrected chi connectivity index (χ0v) is 17.0. The van der Waals surface area contributed by atoms with E-state index in [1.165, 1.54) is 0 Å². The molecule has 1 N–H and O–H groups in total. The molecule has 28 heavy (non-hydrogen) atoms. The number of halogens is 1. The van der Waals surface area contributed by atoms with Crippen molar-refractivity contribution in [2.45, 2.75) is 13.8 Å². The number of hydrazine groups is 1. The van der Waals surface area contributed by atoms with Crippen LogP contribution in [-0.4, -0.2) is 34.8 Å². The number of rotatable bonds is 4. The summed E-state index contributed by atoms with van der Waals surface area (Å²) < 4.78 is 12.5. The van der Waals surface area contributed by atoms with Crippen LogP contribution >= 0.6 is 15.9 Å². The molecule has 0 aliphatic heterocycles. The Morgan fingerprint density at radius 3 is 2.50 bits per heavy atom. The van der Waals surface area contributed by atoms with Gasteiger partial charge in [0.05, 0.1) is 17.7 Å². The second-order valence-electron chi connectivity index (χ2n) is 5.57. The highest BCUT2D eigenvalue weighted by Crippen LogP contribution is 2.33. The zero-order chi connectivity index (χ0) is 20.1. The van der Waals surface area contributed by atoms with E-state index in [0.29, 0.717) is 17.2 Å². The molecule has 0 aliphatic rings. The maximum absolute atomic E-state index is 12.7. The van der Waals surface area contributed by atoms with Crippen molar-refractivity contribution >= 4 is 39.6 Å². The van der Waals surface area contributed by atoms with E-state index in [0.717, 1.165) is 15.0 Å². The number of hydrogen-bond acceptors (Lipinski definition) is 5. The van der Waals surface area contributed by atoms with Crippen LogP contribution in [-0.2, 0) is 9.47 Å². The number of anilines is 1. The number of amides is 2. The normalized spacial score (nSPS) is 10.5. The number of benzene rings is 1. The SMILES string of the molecule is CCOC(=O)NN(C(=O)OCC)c1c(-c2ccccc2)nc2c(Br)cccn12. The highest BCUT2D eigenvalue weighted by atomic mass is 79.9. The van der Waals surface area contributed by atoms with Crippen LogP contribution in [0.15, 0.2) is 53.1 Å². The lowest BCUT2D eigenvalue weighted by atomic mass is 10.1. The molecule has 2 aromatic heterocycles. The minimum Gasteiger partial charge on any atom is -0.449 e. The van der Waals surface area contributed by atoms with Crippen molar-refractivity contribution in [3.8, 4) is 11.3 Å². The van der Waals surface area contributed by atoms with E-state index in [4.69, 9.17) is 9.47 Å². The lowest BCUT2D eigenvalue weighted by Crippen LogP contribution is -2.48. The Morgan fingerprint density at radius 2 is 1.82 bits per heavy atom. The van der Waals surface area contributed by atoms with Crippen molar-refractivity contribution in [2.75, 3.05) is 18.2 Å². The van der Waals surface area contributed by atoms with E-state index >= 15 is 0 Å². The maximum atomic E-state index is 12.7. The average molecular weight is 447 g/mol. The van der Waals surface area contributed by atoms with E-state index in [1.54, 1.807) is 30.5 Å². The number of ether oxygens (including phenoxy) is 2. The Kier molecular flexibility index (Phi) is 6.15. The number of imidazole rings is 1. The zero-order valence-electron chi connectivity index (χ0n) is 15.4. The number of carbonyl (C=O) groups is 2. The fourth-order valence-electron chi connectivity index (χ4n) is 2.65. The van der Waals surface area contributed by atoms with Gasteiger partial charge >= 0.3 is 12.2 Å². The maximum Gasteiger partial charge on any atom is 0.435 e. The molecule has 0 unspecified atom stereocenters. The molecule has 146 valence electrons. The van der Waals surface area contributed by atoms with Crippen LogP contribution in [0.25, 0.3) is 16.9 Å². The topological polar surface area (TPSA) is 85.2 Å². The van der Waals surface area contributed by atoms with Gasteiger partial charge in [0.2, 0.25) is 0 Å². The molecule has 0 spiro atoms. The van der Waals surface area contributed by atoms with Gasteiger partial charge in [0.15, 0.2) is 11.5 Å². The van der Waals surface area contributed by atoms with Crippen molar-refractivity contribution in [2.24, 2.45) is 0 Å². The standard InChI is InChI=1S/C19H19BrN4O4/c1-3-27-18(25)22-24(19(26)28-4-2)17-15(13-9-6-5-7-10-13)21-16-14(20)11-8-12-23(16)17/h5-12H,3-4H2,1-2H3,(H,22,25). The molecular weight excluding hydrogens is 428 g/mol. The first-order valence-electron chi connectivity index (χ1n) is 8.69. The van der Waals surface area contributed by atoms with Gasteiger partial charge in [0, 0.05) is 11.8 Å². The van der Waals surface area contributed by atoms with Crippen molar-refractivity contribution < 1.29 is 19.1 Å². The number of pyridine rings is 1. The molecule has 0 atom stereocenters. The summed E-state index contributed by atoms with van der Waals surface area (Å²) in [6.07, 6.45) is 0.211. The fraction of sp³-hybridized carbons (Fsp3) is 0.211. The molecule has 8 nitrogen and oxygen atoms in total.